The summed E-state index contributed by atoms with van der Waals surface area (Å²) in [4.78, 5) is 21.4. The first-order chi connectivity index (χ1) is 5.81. The van der Waals surface area contributed by atoms with Gasteiger partial charge in [0.2, 0.25) is 0 Å². The largest absolute Gasteiger partial charge is 0.463 e. The van der Waals surface area contributed by atoms with Crippen LogP contribution < -0.4 is 0 Å². The molecule has 0 rings (SSSR count). The fourth-order valence-corrected chi connectivity index (χ4v) is 1.34. The molecule has 76 valence electrons. The maximum atomic E-state index is 11.1. The quantitative estimate of drug-likeness (QED) is 0.462. The number of hydrogen-bond donors (Lipinski definition) is 0. The molecule has 0 saturated heterocycles. The summed E-state index contributed by atoms with van der Waals surface area (Å²) in [6.07, 6.45) is 0. The van der Waals surface area contributed by atoms with Gasteiger partial charge in [0.1, 0.15) is 5.75 Å². The van der Waals surface area contributed by atoms with Crippen LogP contribution in [0.3, 0.4) is 0 Å². The molecule has 0 aromatic carbocycles. The summed E-state index contributed by atoms with van der Waals surface area (Å²) in [7, 11) is -2.47. The number of carbonyl (C=O) groups excluding carboxylic acids is 2. The van der Waals surface area contributed by atoms with Crippen molar-refractivity contribution in [2.75, 3.05) is 12.9 Å². The number of sulfone groups is 1. The third kappa shape index (κ3) is 3.54. The van der Waals surface area contributed by atoms with Gasteiger partial charge in [-0.15, -0.1) is 0 Å². The Kier molecular flexibility index (Phi) is 4.06. The minimum Gasteiger partial charge on any atom is -0.463 e. The van der Waals surface area contributed by atoms with Gasteiger partial charge in [-0.25, -0.2) is 13.2 Å². The number of carbonyl (C=O) groups is 2. The minimum atomic E-state index is -3.50. The number of rotatable bonds is 4. The maximum Gasteiger partial charge on any atom is 0.375 e. The number of Topliss-reactive ketones (excluding diaryl/α,β-unsaturated/α-hetero) is 1. The smallest absolute Gasteiger partial charge is 0.375 e. The molecular formula is C7H12O5S. The Morgan fingerprint density at radius 3 is 2.08 bits per heavy atom. The van der Waals surface area contributed by atoms with Crippen LogP contribution in [0, 0.1) is 0 Å². The van der Waals surface area contributed by atoms with Gasteiger partial charge in [0.05, 0.1) is 12.4 Å². The van der Waals surface area contributed by atoms with Crippen LogP contribution in [-0.2, 0) is 24.2 Å². The van der Waals surface area contributed by atoms with Gasteiger partial charge in [-0.05, 0) is 13.8 Å². The molecule has 13 heavy (non-hydrogen) atoms. The van der Waals surface area contributed by atoms with Crippen molar-refractivity contribution in [1.29, 1.82) is 0 Å². The van der Waals surface area contributed by atoms with E-state index < -0.39 is 32.6 Å². The molecule has 0 N–H and O–H groups in total. The molecule has 5 nitrogen and oxygen atoms in total. The van der Waals surface area contributed by atoms with E-state index in [-0.39, 0.29) is 0 Å². The lowest BCUT2D eigenvalue weighted by Gasteiger charge is -2.04. The van der Waals surface area contributed by atoms with Gasteiger partial charge in [0.25, 0.3) is 5.78 Å². The van der Waals surface area contributed by atoms with Crippen LogP contribution in [0.1, 0.15) is 13.8 Å². The van der Waals surface area contributed by atoms with Gasteiger partial charge in [0, 0.05) is 0 Å². The number of hydrogen-bond acceptors (Lipinski definition) is 5. The van der Waals surface area contributed by atoms with E-state index in [0.29, 0.717) is 0 Å². The second-order valence-electron chi connectivity index (χ2n) is 2.77. The fraction of sp³-hybridized carbons (Fsp3) is 0.714. The number of ether oxygens (including phenoxy) is 1. The van der Waals surface area contributed by atoms with Crippen LogP contribution in [0.25, 0.3) is 0 Å². The highest BCUT2D eigenvalue weighted by Gasteiger charge is 2.25. The second-order valence-corrected chi connectivity index (χ2v) is 5.33. The Hall–Kier alpha value is -0.910. The highest BCUT2D eigenvalue weighted by atomic mass is 32.2. The minimum absolute atomic E-state index is 0.666. The third-order valence-electron chi connectivity index (χ3n) is 1.46. The molecule has 0 aliphatic rings. The van der Waals surface area contributed by atoms with Crippen molar-refractivity contribution in [1.82, 2.24) is 0 Å². The SMILES string of the molecule is COC(=O)C(=O)CS(=O)(=O)C(C)C. The van der Waals surface area contributed by atoms with E-state index >= 15 is 0 Å². The zero-order valence-corrected chi connectivity index (χ0v) is 8.55. The normalized spacial score (nSPS) is 11.4. The van der Waals surface area contributed by atoms with Crippen LogP contribution in [0.4, 0.5) is 0 Å². The summed E-state index contributed by atoms with van der Waals surface area (Å²) in [6, 6.07) is 0. The Morgan fingerprint density at radius 2 is 1.77 bits per heavy atom. The van der Waals surface area contributed by atoms with E-state index in [1.54, 1.807) is 0 Å². The lowest BCUT2D eigenvalue weighted by molar-refractivity contribution is -0.150. The molecule has 0 aliphatic carbocycles. The average Bonchev–Trinajstić information content (AvgIpc) is 2.01. The predicted molar refractivity (Wildman–Crippen MR) is 45.9 cm³/mol. The zero-order valence-electron chi connectivity index (χ0n) is 7.73. The molecule has 0 radical (unpaired) electrons. The van der Waals surface area contributed by atoms with Crippen LogP contribution in [0.2, 0.25) is 0 Å². The number of ketones is 1. The highest BCUT2D eigenvalue weighted by molar-refractivity contribution is 7.92. The van der Waals surface area contributed by atoms with Crippen molar-refractivity contribution < 1.29 is 22.7 Å². The summed E-state index contributed by atoms with van der Waals surface area (Å²) in [5.74, 6) is -2.93. The fourth-order valence-electron chi connectivity index (χ4n) is 0.522. The van der Waals surface area contributed by atoms with Crippen LogP contribution in [0.5, 0.6) is 0 Å². The Morgan fingerprint density at radius 1 is 1.31 bits per heavy atom. The molecule has 0 unspecified atom stereocenters. The van der Waals surface area contributed by atoms with Gasteiger partial charge < -0.3 is 4.74 Å². The molecule has 0 aromatic heterocycles. The Labute approximate surface area is 77.0 Å². The molecule has 0 bridgehead atoms. The van der Waals surface area contributed by atoms with E-state index in [9.17, 15) is 18.0 Å². The Balaban J connectivity index is 4.48. The molecule has 0 atom stereocenters. The van der Waals surface area contributed by atoms with E-state index in [1.807, 2.05) is 0 Å². The van der Waals surface area contributed by atoms with Gasteiger partial charge in [-0.2, -0.15) is 0 Å². The molecule has 0 saturated carbocycles. The van der Waals surface area contributed by atoms with Crippen molar-refractivity contribution >= 4 is 21.6 Å². The summed E-state index contributed by atoms with van der Waals surface area (Å²) in [5.41, 5.74) is 0. The molecular weight excluding hydrogens is 196 g/mol. The van der Waals surface area contributed by atoms with E-state index in [1.165, 1.54) is 13.8 Å². The molecule has 0 aromatic rings. The molecule has 6 heteroatoms. The van der Waals surface area contributed by atoms with Crippen molar-refractivity contribution in [3.05, 3.63) is 0 Å². The van der Waals surface area contributed by atoms with Crippen molar-refractivity contribution in [2.45, 2.75) is 19.1 Å². The molecule has 0 heterocycles. The van der Waals surface area contributed by atoms with Crippen molar-refractivity contribution in [3.8, 4) is 0 Å². The predicted octanol–water partition coefficient (Wildman–Crippen LogP) is -0.448. The van der Waals surface area contributed by atoms with Gasteiger partial charge in [-0.3, -0.25) is 4.79 Å². The monoisotopic (exact) mass is 208 g/mol. The summed E-state index contributed by atoms with van der Waals surface area (Å²) < 4.78 is 26.3. The lowest BCUT2D eigenvalue weighted by atomic mass is 10.5. The van der Waals surface area contributed by atoms with Gasteiger partial charge >= 0.3 is 5.97 Å². The lowest BCUT2D eigenvalue weighted by Crippen LogP contribution is -2.29. The molecule has 0 fully saturated rings. The standard InChI is InChI=1S/C7H12O5S/c1-5(2)13(10,11)4-6(8)7(9)12-3/h5H,4H2,1-3H3. The summed E-state index contributed by atoms with van der Waals surface area (Å²) >= 11 is 0. The first-order valence-corrected chi connectivity index (χ1v) is 5.35. The van der Waals surface area contributed by atoms with Gasteiger partial charge in [-0.1, -0.05) is 0 Å². The average molecular weight is 208 g/mol. The third-order valence-corrected chi connectivity index (χ3v) is 3.56. The van der Waals surface area contributed by atoms with E-state index in [4.69, 9.17) is 0 Å². The van der Waals surface area contributed by atoms with Crippen molar-refractivity contribution in [2.24, 2.45) is 0 Å². The maximum absolute atomic E-state index is 11.1. The second kappa shape index (κ2) is 4.36. The zero-order chi connectivity index (χ0) is 10.6. The summed E-state index contributed by atoms with van der Waals surface area (Å²) in [6.45, 7) is 2.89. The first kappa shape index (κ1) is 12.1. The summed E-state index contributed by atoms with van der Waals surface area (Å²) in [5, 5.41) is -0.666. The number of methoxy groups -OCH3 is 1. The molecule has 0 aliphatic heterocycles. The topological polar surface area (TPSA) is 77.5 Å². The van der Waals surface area contributed by atoms with Crippen LogP contribution in [0.15, 0.2) is 0 Å². The number of esters is 1. The highest BCUT2D eigenvalue weighted by Crippen LogP contribution is 2.01. The van der Waals surface area contributed by atoms with E-state index in [2.05, 4.69) is 4.74 Å². The molecule has 0 amide bonds. The molecule has 0 spiro atoms. The Bertz CT molecular complexity index is 301. The van der Waals surface area contributed by atoms with E-state index in [0.717, 1.165) is 7.11 Å². The first-order valence-electron chi connectivity index (χ1n) is 3.64. The van der Waals surface area contributed by atoms with Crippen LogP contribution in [-0.4, -0.2) is 38.3 Å². The van der Waals surface area contributed by atoms with Gasteiger partial charge in [0.15, 0.2) is 9.84 Å². The van der Waals surface area contributed by atoms with Crippen molar-refractivity contribution in [3.63, 3.8) is 0 Å². The van der Waals surface area contributed by atoms with Crippen LogP contribution >= 0.6 is 0 Å².